The second kappa shape index (κ2) is 5.97. The van der Waals surface area contributed by atoms with E-state index in [1.807, 2.05) is 13.8 Å². The van der Waals surface area contributed by atoms with Gasteiger partial charge in [-0.2, -0.15) is 0 Å². The summed E-state index contributed by atoms with van der Waals surface area (Å²) in [6, 6.07) is 0.422. The number of amides is 1. The van der Waals surface area contributed by atoms with Gasteiger partial charge in [-0.1, -0.05) is 13.8 Å². The lowest BCUT2D eigenvalue weighted by Crippen LogP contribution is -2.31. The molecule has 4 heteroatoms. The maximum Gasteiger partial charge on any atom is 0.247 e. The Kier molecular flexibility index (Phi) is 5.66. The number of carbonyl (C=O) groups is 1. The molecule has 1 N–H and O–H groups in total. The highest BCUT2D eigenvalue weighted by atomic mass is 16.7. The van der Waals surface area contributed by atoms with Gasteiger partial charge in [-0.3, -0.25) is 9.63 Å². The summed E-state index contributed by atoms with van der Waals surface area (Å²) in [7, 11) is 3.09. The lowest BCUT2D eigenvalue weighted by Gasteiger charge is -2.14. The van der Waals surface area contributed by atoms with Crippen LogP contribution in [0.4, 0.5) is 0 Å². The molecule has 72 valence electrons. The van der Waals surface area contributed by atoms with Crippen LogP contribution in [-0.2, 0) is 9.63 Å². The molecule has 4 nitrogen and oxygen atoms in total. The van der Waals surface area contributed by atoms with E-state index >= 15 is 0 Å². The number of hydrogen-bond donors (Lipinski definition) is 1. The Bertz CT molecular complexity index is 137. The summed E-state index contributed by atoms with van der Waals surface area (Å²) in [6.45, 7) is 4.79. The summed E-state index contributed by atoms with van der Waals surface area (Å²) in [5.74, 6) is -0.00866. The number of rotatable bonds is 5. The van der Waals surface area contributed by atoms with Gasteiger partial charge in [0.15, 0.2) is 0 Å². The molecule has 0 heterocycles. The van der Waals surface area contributed by atoms with E-state index in [0.29, 0.717) is 19.0 Å². The number of hydrogen-bond acceptors (Lipinski definition) is 3. The average Bonchev–Trinajstić information content (AvgIpc) is 2.02. The van der Waals surface area contributed by atoms with Crippen molar-refractivity contribution in [2.45, 2.75) is 26.3 Å². The van der Waals surface area contributed by atoms with Crippen molar-refractivity contribution in [2.24, 2.45) is 0 Å². The second-order valence-electron chi connectivity index (χ2n) is 2.93. The van der Waals surface area contributed by atoms with Crippen molar-refractivity contribution in [2.75, 3.05) is 20.7 Å². The van der Waals surface area contributed by atoms with Crippen LogP contribution in [0.5, 0.6) is 0 Å². The molecule has 0 saturated carbocycles. The molecule has 0 aliphatic heterocycles. The van der Waals surface area contributed by atoms with Crippen molar-refractivity contribution >= 4 is 5.91 Å². The molecule has 0 aliphatic rings. The summed E-state index contributed by atoms with van der Waals surface area (Å²) in [5, 5.41) is 4.39. The van der Waals surface area contributed by atoms with Crippen LogP contribution >= 0.6 is 0 Å². The summed E-state index contributed by atoms with van der Waals surface area (Å²) < 4.78 is 0. The maximum absolute atomic E-state index is 11.1. The van der Waals surface area contributed by atoms with E-state index in [9.17, 15) is 4.79 Å². The predicted octanol–water partition coefficient (Wildman–Crippen LogP) is 0.394. The largest absolute Gasteiger partial charge is 0.314 e. The summed E-state index contributed by atoms with van der Waals surface area (Å²) in [4.78, 5) is 15.8. The van der Waals surface area contributed by atoms with Crippen LogP contribution in [0.3, 0.4) is 0 Å². The van der Waals surface area contributed by atoms with Crippen molar-refractivity contribution in [1.82, 2.24) is 10.4 Å². The van der Waals surface area contributed by atoms with Gasteiger partial charge >= 0.3 is 0 Å². The van der Waals surface area contributed by atoms with Crippen molar-refractivity contribution in [1.29, 1.82) is 0 Å². The zero-order chi connectivity index (χ0) is 9.56. The van der Waals surface area contributed by atoms with E-state index in [0.717, 1.165) is 0 Å². The lowest BCUT2D eigenvalue weighted by atomic mass is 10.3. The molecule has 0 unspecified atom stereocenters. The van der Waals surface area contributed by atoms with Gasteiger partial charge in [-0.15, -0.1) is 0 Å². The van der Waals surface area contributed by atoms with Gasteiger partial charge in [-0.25, -0.2) is 5.06 Å². The molecule has 0 bridgehead atoms. The monoisotopic (exact) mass is 174 g/mol. The minimum atomic E-state index is -0.00866. The molecule has 12 heavy (non-hydrogen) atoms. The summed E-state index contributed by atoms with van der Waals surface area (Å²) in [5.41, 5.74) is 0. The van der Waals surface area contributed by atoms with Gasteiger partial charge in [0.25, 0.3) is 0 Å². The Balaban J connectivity index is 3.44. The van der Waals surface area contributed by atoms with Gasteiger partial charge < -0.3 is 5.32 Å². The molecule has 0 aliphatic carbocycles. The van der Waals surface area contributed by atoms with Crippen LogP contribution in [0, 0.1) is 0 Å². The minimum Gasteiger partial charge on any atom is -0.314 e. The Morgan fingerprint density at radius 1 is 1.58 bits per heavy atom. The van der Waals surface area contributed by atoms with Crippen LogP contribution in [0.2, 0.25) is 0 Å². The first kappa shape index (κ1) is 11.4. The highest BCUT2D eigenvalue weighted by Crippen LogP contribution is 1.89. The first-order valence-corrected chi connectivity index (χ1v) is 4.12. The summed E-state index contributed by atoms with van der Waals surface area (Å²) >= 11 is 0. The minimum absolute atomic E-state index is 0.00866. The van der Waals surface area contributed by atoms with Crippen molar-refractivity contribution < 1.29 is 9.63 Å². The fourth-order valence-corrected chi connectivity index (χ4v) is 0.727. The smallest absolute Gasteiger partial charge is 0.247 e. The first-order valence-electron chi connectivity index (χ1n) is 4.12. The van der Waals surface area contributed by atoms with Crippen LogP contribution < -0.4 is 5.32 Å². The quantitative estimate of drug-likeness (QED) is 0.613. The number of nitrogens with zero attached hydrogens (tertiary/aromatic N) is 1. The van der Waals surface area contributed by atoms with Gasteiger partial charge in [0.2, 0.25) is 5.91 Å². The average molecular weight is 174 g/mol. The van der Waals surface area contributed by atoms with Crippen molar-refractivity contribution in [3.05, 3.63) is 0 Å². The number of nitrogens with one attached hydrogen (secondary N) is 1. The topological polar surface area (TPSA) is 41.6 Å². The first-order chi connectivity index (χ1) is 5.57. The number of hydroxylamine groups is 2. The van der Waals surface area contributed by atoms with Crippen molar-refractivity contribution in [3.63, 3.8) is 0 Å². The van der Waals surface area contributed by atoms with Gasteiger partial charge in [0, 0.05) is 26.1 Å². The fraction of sp³-hybridized carbons (Fsp3) is 0.875. The third-order valence-electron chi connectivity index (χ3n) is 1.52. The zero-order valence-corrected chi connectivity index (χ0v) is 8.26. The van der Waals surface area contributed by atoms with E-state index in [1.165, 1.54) is 12.2 Å². The van der Waals surface area contributed by atoms with Gasteiger partial charge in [-0.05, 0) is 0 Å². The highest BCUT2D eigenvalue weighted by Gasteiger charge is 2.06. The Hall–Kier alpha value is -0.610. The molecule has 0 aromatic carbocycles. The number of carbonyl (C=O) groups excluding carboxylic acids is 1. The Morgan fingerprint density at radius 3 is 2.58 bits per heavy atom. The maximum atomic E-state index is 11.1. The second-order valence-corrected chi connectivity index (χ2v) is 2.93. The van der Waals surface area contributed by atoms with Crippen LogP contribution in [0.25, 0.3) is 0 Å². The molecule has 0 fully saturated rings. The van der Waals surface area contributed by atoms with Crippen LogP contribution in [-0.4, -0.2) is 37.7 Å². The molecule has 0 radical (unpaired) electrons. The molecular weight excluding hydrogens is 156 g/mol. The Labute approximate surface area is 73.8 Å². The van der Waals surface area contributed by atoms with E-state index in [4.69, 9.17) is 4.84 Å². The SMILES string of the molecule is CON(C)C(=O)CCNC(C)C. The molecule has 0 rings (SSSR count). The fourth-order valence-electron chi connectivity index (χ4n) is 0.727. The van der Waals surface area contributed by atoms with Crippen molar-refractivity contribution in [3.8, 4) is 0 Å². The zero-order valence-electron chi connectivity index (χ0n) is 8.26. The molecule has 1 amide bonds. The Morgan fingerprint density at radius 2 is 2.17 bits per heavy atom. The predicted molar refractivity (Wildman–Crippen MR) is 47.5 cm³/mol. The molecular formula is C8H18N2O2. The molecule has 0 saturated heterocycles. The third-order valence-corrected chi connectivity index (χ3v) is 1.52. The van der Waals surface area contributed by atoms with Crippen LogP contribution in [0.1, 0.15) is 20.3 Å². The molecule has 0 atom stereocenters. The summed E-state index contributed by atoms with van der Waals surface area (Å²) in [6.07, 6.45) is 0.475. The van der Waals surface area contributed by atoms with Gasteiger partial charge in [0.05, 0.1) is 7.11 Å². The molecule has 0 aromatic rings. The van der Waals surface area contributed by atoms with Gasteiger partial charge in [0.1, 0.15) is 0 Å². The van der Waals surface area contributed by atoms with E-state index in [1.54, 1.807) is 7.05 Å². The standard InChI is InChI=1S/C8H18N2O2/c1-7(2)9-6-5-8(11)10(3)12-4/h7,9H,5-6H2,1-4H3. The molecule has 0 aromatic heterocycles. The van der Waals surface area contributed by atoms with E-state index in [-0.39, 0.29) is 5.91 Å². The molecule has 0 spiro atoms. The lowest BCUT2D eigenvalue weighted by molar-refractivity contribution is -0.168. The van der Waals surface area contributed by atoms with Crippen LogP contribution in [0.15, 0.2) is 0 Å². The highest BCUT2D eigenvalue weighted by molar-refractivity contribution is 5.74. The van der Waals surface area contributed by atoms with E-state index < -0.39 is 0 Å². The van der Waals surface area contributed by atoms with E-state index in [2.05, 4.69) is 5.32 Å². The normalized spacial score (nSPS) is 10.4. The third kappa shape index (κ3) is 5.09.